The Morgan fingerprint density at radius 1 is 1.44 bits per heavy atom. The first kappa shape index (κ1) is 14.7. The molecule has 0 fully saturated rings. The predicted octanol–water partition coefficient (Wildman–Crippen LogP) is 2.60. The van der Waals surface area contributed by atoms with Gasteiger partial charge in [-0.1, -0.05) is 25.8 Å². The van der Waals surface area contributed by atoms with Gasteiger partial charge in [0.15, 0.2) is 0 Å². The second kappa shape index (κ2) is 7.87. The number of thiophene rings is 1. The Morgan fingerprint density at radius 3 is 2.83 bits per heavy atom. The zero-order valence-corrected chi connectivity index (χ0v) is 11.6. The highest BCUT2D eigenvalue weighted by Crippen LogP contribution is 2.08. The van der Waals surface area contributed by atoms with Crippen LogP contribution in [0.15, 0.2) is 17.5 Å². The monoisotopic (exact) mass is 269 g/mol. The number of hydrogen-bond donors (Lipinski definition) is 1. The smallest absolute Gasteiger partial charge is 0.328 e. The zero-order valence-electron chi connectivity index (χ0n) is 10.8. The maximum absolute atomic E-state index is 11.7. The zero-order chi connectivity index (χ0) is 13.4. The third-order valence-electron chi connectivity index (χ3n) is 2.44. The van der Waals surface area contributed by atoms with Crippen molar-refractivity contribution < 1.29 is 14.3 Å². The van der Waals surface area contributed by atoms with Crippen LogP contribution in [0.1, 0.15) is 42.8 Å². The standard InChI is InChI=1S/C13H19NO3S/c1-3-4-5-8-17-13(16)10(2)14-12(15)11-7-6-9-18-11/h6-7,9-10H,3-5,8H2,1-2H3,(H,14,15). The van der Waals surface area contributed by atoms with Gasteiger partial charge in [-0.15, -0.1) is 11.3 Å². The number of carbonyl (C=O) groups is 2. The molecule has 100 valence electrons. The van der Waals surface area contributed by atoms with Crippen molar-refractivity contribution in [3.05, 3.63) is 22.4 Å². The van der Waals surface area contributed by atoms with E-state index < -0.39 is 6.04 Å². The Bertz CT molecular complexity index is 376. The molecule has 0 radical (unpaired) electrons. The number of hydrogen-bond acceptors (Lipinski definition) is 4. The van der Waals surface area contributed by atoms with E-state index >= 15 is 0 Å². The van der Waals surface area contributed by atoms with E-state index in [4.69, 9.17) is 4.74 Å². The van der Waals surface area contributed by atoms with Gasteiger partial charge in [0, 0.05) is 0 Å². The lowest BCUT2D eigenvalue weighted by atomic mass is 10.3. The van der Waals surface area contributed by atoms with E-state index in [-0.39, 0.29) is 11.9 Å². The minimum Gasteiger partial charge on any atom is -0.464 e. The fourth-order valence-corrected chi connectivity index (χ4v) is 2.01. The number of esters is 1. The third kappa shape index (κ3) is 4.87. The molecule has 1 unspecified atom stereocenters. The van der Waals surface area contributed by atoms with E-state index in [9.17, 15) is 9.59 Å². The maximum Gasteiger partial charge on any atom is 0.328 e. The molecule has 0 spiro atoms. The highest BCUT2D eigenvalue weighted by Gasteiger charge is 2.18. The summed E-state index contributed by atoms with van der Waals surface area (Å²) in [7, 11) is 0. The molecule has 1 atom stereocenters. The first-order valence-corrected chi connectivity index (χ1v) is 7.04. The Balaban J connectivity index is 2.29. The SMILES string of the molecule is CCCCCOC(=O)C(C)NC(=O)c1cccs1. The van der Waals surface area contributed by atoms with Crippen LogP contribution in [-0.2, 0) is 9.53 Å². The summed E-state index contributed by atoms with van der Waals surface area (Å²) in [6.07, 6.45) is 3.00. The van der Waals surface area contributed by atoms with Crippen LogP contribution in [0.3, 0.4) is 0 Å². The highest BCUT2D eigenvalue weighted by atomic mass is 32.1. The normalized spacial score (nSPS) is 11.9. The third-order valence-corrected chi connectivity index (χ3v) is 3.31. The fourth-order valence-electron chi connectivity index (χ4n) is 1.38. The lowest BCUT2D eigenvalue weighted by molar-refractivity contribution is -0.145. The van der Waals surface area contributed by atoms with Crippen LogP contribution in [-0.4, -0.2) is 24.5 Å². The minimum atomic E-state index is -0.610. The van der Waals surface area contributed by atoms with E-state index in [0.29, 0.717) is 11.5 Å². The van der Waals surface area contributed by atoms with Crippen LogP contribution < -0.4 is 5.32 Å². The molecule has 1 aromatic heterocycles. The van der Waals surface area contributed by atoms with Crippen molar-refractivity contribution in [3.63, 3.8) is 0 Å². The molecule has 0 saturated carbocycles. The summed E-state index contributed by atoms with van der Waals surface area (Å²) in [5.74, 6) is -0.612. The summed E-state index contributed by atoms with van der Waals surface area (Å²) in [6.45, 7) is 4.14. The van der Waals surface area contributed by atoms with Gasteiger partial charge < -0.3 is 10.1 Å². The molecule has 1 heterocycles. The summed E-state index contributed by atoms with van der Waals surface area (Å²) < 4.78 is 5.07. The molecule has 0 aliphatic rings. The summed E-state index contributed by atoms with van der Waals surface area (Å²) >= 11 is 1.35. The van der Waals surface area contributed by atoms with Gasteiger partial charge in [0.1, 0.15) is 6.04 Å². The van der Waals surface area contributed by atoms with Crippen molar-refractivity contribution in [1.82, 2.24) is 5.32 Å². The van der Waals surface area contributed by atoms with Crippen LogP contribution in [0.4, 0.5) is 0 Å². The number of unbranched alkanes of at least 4 members (excludes halogenated alkanes) is 2. The molecular weight excluding hydrogens is 250 g/mol. The molecular formula is C13H19NO3S. The van der Waals surface area contributed by atoms with Crippen LogP contribution in [0.2, 0.25) is 0 Å². The van der Waals surface area contributed by atoms with Gasteiger partial charge in [-0.3, -0.25) is 4.79 Å². The number of rotatable bonds is 7. The molecule has 0 saturated heterocycles. The molecule has 1 aromatic rings. The van der Waals surface area contributed by atoms with E-state index in [2.05, 4.69) is 12.2 Å². The molecule has 0 aliphatic heterocycles. The molecule has 0 aromatic carbocycles. The Morgan fingerprint density at radius 2 is 2.22 bits per heavy atom. The topological polar surface area (TPSA) is 55.4 Å². The van der Waals surface area contributed by atoms with Gasteiger partial charge in [-0.05, 0) is 24.8 Å². The summed E-state index contributed by atoms with van der Waals surface area (Å²) in [5, 5.41) is 4.44. The fraction of sp³-hybridized carbons (Fsp3) is 0.538. The number of carbonyl (C=O) groups excluding carboxylic acids is 2. The Kier molecular flexibility index (Phi) is 6.43. The second-order valence-corrected chi connectivity index (χ2v) is 4.99. The quantitative estimate of drug-likeness (QED) is 0.611. The molecule has 0 aliphatic carbocycles. The van der Waals surface area contributed by atoms with Gasteiger partial charge in [0.25, 0.3) is 5.91 Å². The lowest BCUT2D eigenvalue weighted by Crippen LogP contribution is -2.39. The summed E-state index contributed by atoms with van der Waals surface area (Å²) in [4.78, 5) is 23.9. The van der Waals surface area contributed by atoms with Crippen molar-refractivity contribution >= 4 is 23.2 Å². The van der Waals surface area contributed by atoms with Crippen LogP contribution in [0.25, 0.3) is 0 Å². The van der Waals surface area contributed by atoms with Crippen molar-refractivity contribution in [2.45, 2.75) is 39.2 Å². The molecule has 5 heteroatoms. The number of ether oxygens (including phenoxy) is 1. The maximum atomic E-state index is 11.7. The van der Waals surface area contributed by atoms with Gasteiger partial charge in [0.05, 0.1) is 11.5 Å². The molecule has 1 rings (SSSR count). The van der Waals surface area contributed by atoms with Crippen LogP contribution in [0.5, 0.6) is 0 Å². The summed E-state index contributed by atoms with van der Waals surface area (Å²) in [5.41, 5.74) is 0. The highest BCUT2D eigenvalue weighted by molar-refractivity contribution is 7.12. The van der Waals surface area contributed by atoms with Crippen molar-refractivity contribution in [2.24, 2.45) is 0 Å². The van der Waals surface area contributed by atoms with Crippen molar-refractivity contribution in [3.8, 4) is 0 Å². The average Bonchev–Trinajstić information content (AvgIpc) is 2.88. The molecule has 1 amide bonds. The van der Waals surface area contributed by atoms with Crippen molar-refractivity contribution in [1.29, 1.82) is 0 Å². The average molecular weight is 269 g/mol. The molecule has 1 N–H and O–H groups in total. The minimum absolute atomic E-state index is 0.233. The first-order valence-electron chi connectivity index (χ1n) is 6.16. The summed E-state index contributed by atoms with van der Waals surface area (Å²) in [6, 6.07) is 2.91. The lowest BCUT2D eigenvalue weighted by Gasteiger charge is -2.12. The largest absolute Gasteiger partial charge is 0.464 e. The van der Waals surface area contributed by atoms with Crippen molar-refractivity contribution in [2.75, 3.05) is 6.61 Å². The van der Waals surface area contributed by atoms with Crippen LogP contribution in [0, 0.1) is 0 Å². The predicted molar refractivity (Wildman–Crippen MR) is 71.7 cm³/mol. The Hall–Kier alpha value is -1.36. The first-order chi connectivity index (χ1) is 8.65. The molecule has 18 heavy (non-hydrogen) atoms. The van der Waals surface area contributed by atoms with Gasteiger partial charge in [0.2, 0.25) is 0 Å². The molecule has 0 bridgehead atoms. The molecule has 4 nitrogen and oxygen atoms in total. The van der Waals surface area contributed by atoms with E-state index in [0.717, 1.165) is 19.3 Å². The second-order valence-electron chi connectivity index (χ2n) is 4.05. The van der Waals surface area contributed by atoms with Gasteiger partial charge in [-0.2, -0.15) is 0 Å². The van der Waals surface area contributed by atoms with Gasteiger partial charge in [-0.25, -0.2) is 4.79 Å². The number of amides is 1. The van der Waals surface area contributed by atoms with E-state index in [1.54, 1.807) is 19.1 Å². The Labute approximate surface area is 111 Å². The number of nitrogens with one attached hydrogen (secondary N) is 1. The van der Waals surface area contributed by atoms with Crippen LogP contribution >= 0.6 is 11.3 Å². The van der Waals surface area contributed by atoms with E-state index in [1.165, 1.54) is 11.3 Å². The van der Waals surface area contributed by atoms with E-state index in [1.807, 2.05) is 5.38 Å². The van der Waals surface area contributed by atoms with Gasteiger partial charge >= 0.3 is 5.97 Å².